The zero-order chi connectivity index (χ0) is 17.9. The van der Waals surface area contributed by atoms with Gasteiger partial charge in [0.1, 0.15) is 0 Å². The summed E-state index contributed by atoms with van der Waals surface area (Å²) in [5.74, 6) is 1.68. The Balaban J connectivity index is 1.36. The van der Waals surface area contributed by atoms with Gasteiger partial charge in [0.2, 0.25) is 6.79 Å². The largest absolute Gasteiger partial charge is 0.454 e. The van der Waals surface area contributed by atoms with Crippen molar-refractivity contribution in [3.63, 3.8) is 0 Å². The summed E-state index contributed by atoms with van der Waals surface area (Å²) in [6.45, 7) is 5.70. The van der Waals surface area contributed by atoms with Gasteiger partial charge in [-0.2, -0.15) is 5.10 Å². The van der Waals surface area contributed by atoms with Crippen LogP contribution in [0.1, 0.15) is 30.9 Å². The van der Waals surface area contributed by atoms with Crippen molar-refractivity contribution in [3.05, 3.63) is 47.8 Å². The fraction of sp³-hybridized carbons (Fsp3) is 0.450. The molecule has 2 aromatic rings. The van der Waals surface area contributed by atoms with E-state index in [-0.39, 0.29) is 6.10 Å². The number of aliphatic hydroxyl groups excluding tert-OH is 1. The highest BCUT2D eigenvalue weighted by Crippen LogP contribution is 2.33. The first-order valence-corrected chi connectivity index (χ1v) is 9.22. The van der Waals surface area contributed by atoms with Gasteiger partial charge in [0.15, 0.2) is 11.5 Å². The zero-order valence-electron chi connectivity index (χ0n) is 15.1. The minimum Gasteiger partial charge on any atom is -0.454 e. The third-order valence-corrected chi connectivity index (χ3v) is 5.01. The average Bonchev–Trinajstić information content (AvgIpc) is 3.31. The van der Waals surface area contributed by atoms with E-state index in [0.717, 1.165) is 49.5 Å². The van der Waals surface area contributed by atoms with Crippen molar-refractivity contribution in [1.29, 1.82) is 0 Å². The van der Waals surface area contributed by atoms with Crippen LogP contribution in [0.25, 0.3) is 5.57 Å². The van der Waals surface area contributed by atoms with Crippen LogP contribution >= 0.6 is 0 Å². The standard InChI is InChI=1S/C20H25N3O3/c1-2-18(24)13-23-12-17(10-21-23)16-5-7-22(8-6-16)11-15-3-4-19-20(9-15)26-14-25-19/h3-5,9-10,12,18,24H,2,6-8,11,13-14H2,1H3/t18-/m1/s1. The molecule has 6 nitrogen and oxygen atoms in total. The number of aliphatic hydroxyl groups is 1. The van der Waals surface area contributed by atoms with Gasteiger partial charge in [0.25, 0.3) is 0 Å². The highest BCUT2D eigenvalue weighted by Gasteiger charge is 2.17. The Hall–Kier alpha value is -2.31. The molecular formula is C20H25N3O3. The number of hydrogen-bond acceptors (Lipinski definition) is 5. The van der Waals surface area contributed by atoms with Crippen molar-refractivity contribution in [1.82, 2.24) is 14.7 Å². The minimum atomic E-state index is -0.333. The SMILES string of the molecule is CC[C@@H](O)Cn1cc(C2=CCN(Cc3ccc4c(c3)OCO4)CC2)cn1. The lowest BCUT2D eigenvalue weighted by Crippen LogP contribution is -2.27. The van der Waals surface area contributed by atoms with Crippen LogP contribution in [0.4, 0.5) is 0 Å². The molecule has 0 spiro atoms. The number of hydrogen-bond donors (Lipinski definition) is 1. The molecule has 2 aliphatic heterocycles. The Morgan fingerprint density at radius 1 is 1.27 bits per heavy atom. The Morgan fingerprint density at radius 3 is 2.96 bits per heavy atom. The molecule has 0 fully saturated rings. The van der Waals surface area contributed by atoms with Crippen LogP contribution in [0.15, 0.2) is 36.7 Å². The predicted molar refractivity (Wildman–Crippen MR) is 99.0 cm³/mol. The van der Waals surface area contributed by atoms with Crippen molar-refractivity contribution in [2.75, 3.05) is 19.9 Å². The number of ether oxygens (including phenoxy) is 2. The second-order valence-corrected chi connectivity index (χ2v) is 6.92. The summed E-state index contributed by atoms with van der Waals surface area (Å²) in [7, 11) is 0. The van der Waals surface area contributed by atoms with Crippen LogP contribution < -0.4 is 9.47 Å². The Bertz CT molecular complexity index is 799. The zero-order valence-corrected chi connectivity index (χ0v) is 15.1. The number of nitrogens with zero attached hydrogens (tertiary/aromatic N) is 3. The molecule has 6 heteroatoms. The number of fused-ring (bicyclic) bond motifs is 1. The number of rotatable bonds is 6. The number of aromatic nitrogens is 2. The molecule has 0 radical (unpaired) electrons. The molecule has 1 N–H and O–H groups in total. The molecule has 3 heterocycles. The highest BCUT2D eigenvalue weighted by molar-refractivity contribution is 5.65. The molecule has 0 saturated carbocycles. The first-order chi connectivity index (χ1) is 12.7. The summed E-state index contributed by atoms with van der Waals surface area (Å²) in [6, 6.07) is 6.17. The van der Waals surface area contributed by atoms with Crippen LogP contribution in [0.5, 0.6) is 11.5 Å². The predicted octanol–water partition coefficient (Wildman–Crippen LogP) is 2.67. The van der Waals surface area contributed by atoms with E-state index in [1.807, 2.05) is 30.1 Å². The fourth-order valence-corrected chi connectivity index (χ4v) is 3.39. The van der Waals surface area contributed by atoms with Crippen LogP contribution in [0.2, 0.25) is 0 Å². The van der Waals surface area contributed by atoms with Gasteiger partial charge in [-0.1, -0.05) is 19.1 Å². The van der Waals surface area contributed by atoms with E-state index < -0.39 is 0 Å². The van der Waals surface area contributed by atoms with E-state index in [1.54, 1.807) is 0 Å². The van der Waals surface area contributed by atoms with Gasteiger partial charge in [0, 0.05) is 31.4 Å². The lowest BCUT2D eigenvalue weighted by atomic mass is 10.0. The van der Waals surface area contributed by atoms with Gasteiger partial charge in [-0.05, 0) is 36.1 Å². The first kappa shape index (κ1) is 17.1. The molecule has 0 amide bonds. The van der Waals surface area contributed by atoms with Crippen molar-refractivity contribution < 1.29 is 14.6 Å². The third-order valence-electron chi connectivity index (χ3n) is 5.01. The molecule has 1 aromatic heterocycles. The Morgan fingerprint density at radius 2 is 2.15 bits per heavy atom. The van der Waals surface area contributed by atoms with Gasteiger partial charge < -0.3 is 14.6 Å². The van der Waals surface area contributed by atoms with Gasteiger partial charge in [-0.3, -0.25) is 9.58 Å². The first-order valence-electron chi connectivity index (χ1n) is 9.22. The van der Waals surface area contributed by atoms with Crippen LogP contribution in [-0.2, 0) is 13.1 Å². The molecule has 0 aliphatic carbocycles. The van der Waals surface area contributed by atoms with E-state index in [1.165, 1.54) is 11.1 Å². The molecule has 1 atom stereocenters. The maximum Gasteiger partial charge on any atom is 0.231 e. The van der Waals surface area contributed by atoms with Crippen LogP contribution in [-0.4, -0.2) is 45.8 Å². The molecule has 1 aromatic carbocycles. The van der Waals surface area contributed by atoms with Gasteiger partial charge >= 0.3 is 0 Å². The molecule has 0 saturated heterocycles. The van der Waals surface area contributed by atoms with E-state index in [0.29, 0.717) is 13.3 Å². The second kappa shape index (κ2) is 7.51. The lowest BCUT2D eigenvalue weighted by Gasteiger charge is -2.26. The Labute approximate surface area is 153 Å². The quantitative estimate of drug-likeness (QED) is 0.863. The molecule has 0 unspecified atom stereocenters. The van der Waals surface area contributed by atoms with Gasteiger partial charge in [0.05, 0.1) is 18.8 Å². The molecular weight excluding hydrogens is 330 g/mol. The summed E-state index contributed by atoms with van der Waals surface area (Å²) < 4.78 is 12.7. The van der Waals surface area contributed by atoms with E-state index >= 15 is 0 Å². The van der Waals surface area contributed by atoms with Crippen LogP contribution in [0.3, 0.4) is 0 Å². The average molecular weight is 355 g/mol. The smallest absolute Gasteiger partial charge is 0.231 e. The van der Waals surface area contributed by atoms with Crippen molar-refractivity contribution in [2.24, 2.45) is 0 Å². The lowest BCUT2D eigenvalue weighted by molar-refractivity contribution is 0.145. The molecule has 0 bridgehead atoms. The third kappa shape index (κ3) is 3.76. The Kier molecular flexibility index (Phi) is 4.95. The van der Waals surface area contributed by atoms with Gasteiger partial charge in [-0.25, -0.2) is 0 Å². The fourth-order valence-electron chi connectivity index (χ4n) is 3.39. The summed E-state index contributed by atoms with van der Waals surface area (Å²) in [5.41, 5.74) is 3.74. The van der Waals surface area contributed by atoms with Crippen molar-refractivity contribution in [2.45, 2.75) is 39.0 Å². The van der Waals surface area contributed by atoms with Crippen LogP contribution in [0, 0.1) is 0 Å². The second-order valence-electron chi connectivity index (χ2n) is 6.92. The molecule has 4 rings (SSSR count). The molecule has 2 aliphatic rings. The maximum atomic E-state index is 9.77. The van der Waals surface area contributed by atoms with Crippen molar-refractivity contribution >= 4 is 5.57 Å². The maximum absolute atomic E-state index is 9.77. The normalized spacial score (nSPS) is 18.0. The molecule has 26 heavy (non-hydrogen) atoms. The summed E-state index contributed by atoms with van der Waals surface area (Å²) >= 11 is 0. The van der Waals surface area contributed by atoms with Crippen molar-refractivity contribution in [3.8, 4) is 11.5 Å². The summed E-state index contributed by atoms with van der Waals surface area (Å²) in [4.78, 5) is 2.42. The summed E-state index contributed by atoms with van der Waals surface area (Å²) in [6.07, 6.45) is 7.65. The topological polar surface area (TPSA) is 59.8 Å². The van der Waals surface area contributed by atoms with E-state index in [9.17, 15) is 5.11 Å². The van der Waals surface area contributed by atoms with E-state index in [2.05, 4.69) is 28.2 Å². The van der Waals surface area contributed by atoms with E-state index in [4.69, 9.17) is 9.47 Å². The monoisotopic (exact) mass is 355 g/mol. The minimum absolute atomic E-state index is 0.317. The molecule has 138 valence electrons. The van der Waals surface area contributed by atoms with Gasteiger partial charge in [-0.15, -0.1) is 0 Å². The summed E-state index contributed by atoms with van der Waals surface area (Å²) in [5, 5.41) is 14.1. The highest BCUT2D eigenvalue weighted by atomic mass is 16.7. The number of benzene rings is 1.